The first-order valence-electron chi connectivity index (χ1n) is 11.1. The van der Waals surface area contributed by atoms with Gasteiger partial charge in [-0.05, 0) is 25.0 Å². The molecule has 2 aliphatic heterocycles. The van der Waals surface area contributed by atoms with E-state index in [1.807, 2.05) is 18.2 Å². The van der Waals surface area contributed by atoms with Gasteiger partial charge in [0.05, 0.1) is 57.8 Å². The van der Waals surface area contributed by atoms with Crippen LogP contribution in [0, 0.1) is 5.92 Å². The van der Waals surface area contributed by atoms with Crippen molar-refractivity contribution >= 4 is 17.6 Å². The van der Waals surface area contributed by atoms with Gasteiger partial charge in [0, 0.05) is 19.6 Å². The molecule has 1 atom stereocenters. The van der Waals surface area contributed by atoms with Crippen LogP contribution < -0.4 is 10.6 Å². The van der Waals surface area contributed by atoms with Gasteiger partial charge in [0.15, 0.2) is 0 Å². The van der Waals surface area contributed by atoms with Crippen LogP contribution in [0.25, 0.3) is 0 Å². The summed E-state index contributed by atoms with van der Waals surface area (Å²) < 4.78 is 16.4. The molecule has 1 unspecified atom stereocenters. The van der Waals surface area contributed by atoms with Crippen LogP contribution in [-0.4, -0.2) is 87.8 Å². The third-order valence-corrected chi connectivity index (χ3v) is 5.39. The molecule has 1 aromatic carbocycles. The van der Waals surface area contributed by atoms with E-state index in [2.05, 4.69) is 5.01 Å². The number of carbonyl (C=O) groups is 2. The molecule has 2 N–H and O–H groups in total. The number of nitrogens with zero attached hydrogens (tertiary/aromatic N) is 3. The van der Waals surface area contributed by atoms with Gasteiger partial charge >= 0.3 is 6.03 Å². The Bertz CT molecular complexity index is 684. The summed E-state index contributed by atoms with van der Waals surface area (Å²) in [4.78, 5) is 27.7. The molecule has 3 rings (SSSR count). The molecule has 172 valence electrons. The molecule has 0 spiro atoms. The molecule has 0 radical (unpaired) electrons. The number of hydrazine groups is 1. The zero-order valence-corrected chi connectivity index (χ0v) is 18.1. The summed E-state index contributed by atoms with van der Waals surface area (Å²) in [5.41, 5.74) is 5.95. The number of anilines is 1. The lowest BCUT2D eigenvalue weighted by molar-refractivity contribution is -0.130. The molecule has 1 aromatic rings. The second-order valence-electron chi connectivity index (χ2n) is 7.67. The maximum absolute atomic E-state index is 13.2. The van der Waals surface area contributed by atoms with Crippen LogP contribution >= 0.6 is 0 Å². The summed E-state index contributed by atoms with van der Waals surface area (Å²) in [6, 6.07) is 8.82. The number of piperidine rings is 1. The molecule has 0 saturated carbocycles. The molecule has 3 amide bonds. The van der Waals surface area contributed by atoms with Gasteiger partial charge in [0.25, 0.3) is 0 Å². The quantitative estimate of drug-likeness (QED) is 0.498. The van der Waals surface area contributed by atoms with Crippen molar-refractivity contribution in [2.24, 2.45) is 11.7 Å². The van der Waals surface area contributed by atoms with Gasteiger partial charge in [-0.2, -0.15) is 0 Å². The highest BCUT2D eigenvalue weighted by Gasteiger charge is 2.42. The summed E-state index contributed by atoms with van der Waals surface area (Å²) in [5, 5.41) is 3.80. The molecule has 0 aliphatic carbocycles. The van der Waals surface area contributed by atoms with Crippen molar-refractivity contribution in [2.45, 2.75) is 19.3 Å². The molecule has 2 heterocycles. The SMILES string of the molecule is NCCOCCOCCOCC1CN(N2CCCCC2)C(=O)N(c2ccccc2)C1=O. The molecular weight excluding hydrogens is 400 g/mol. The molecule has 2 saturated heterocycles. The van der Waals surface area contributed by atoms with Gasteiger partial charge in [-0.15, -0.1) is 0 Å². The van der Waals surface area contributed by atoms with Crippen molar-refractivity contribution in [3.8, 4) is 0 Å². The van der Waals surface area contributed by atoms with Crippen molar-refractivity contribution in [1.82, 2.24) is 10.0 Å². The highest BCUT2D eigenvalue weighted by Crippen LogP contribution is 2.26. The van der Waals surface area contributed by atoms with E-state index in [-0.39, 0.29) is 18.5 Å². The summed E-state index contributed by atoms with van der Waals surface area (Å²) in [7, 11) is 0. The van der Waals surface area contributed by atoms with E-state index < -0.39 is 5.92 Å². The predicted octanol–water partition coefficient (Wildman–Crippen LogP) is 1.48. The maximum atomic E-state index is 13.2. The smallest absolute Gasteiger partial charge is 0.345 e. The van der Waals surface area contributed by atoms with Gasteiger partial charge < -0.3 is 19.9 Å². The minimum atomic E-state index is -0.423. The van der Waals surface area contributed by atoms with Crippen molar-refractivity contribution in [3.05, 3.63) is 30.3 Å². The Morgan fingerprint density at radius 1 is 0.871 bits per heavy atom. The van der Waals surface area contributed by atoms with E-state index in [9.17, 15) is 9.59 Å². The van der Waals surface area contributed by atoms with Gasteiger partial charge in [0.1, 0.15) is 0 Å². The highest BCUT2D eigenvalue weighted by molar-refractivity contribution is 6.16. The van der Waals surface area contributed by atoms with E-state index in [4.69, 9.17) is 19.9 Å². The van der Waals surface area contributed by atoms with Crippen LogP contribution in [0.5, 0.6) is 0 Å². The molecule has 31 heavy (non-hydrogen) atoms. The molecule has 2 aliphatic rings. The standard InChI is InChI=1S/C22H34N4O5/c23-9-12-29-13-14-30-15-16-31-18-19-17-25(24-10-5-2-6-11-24)22(28)26(21(19)27)20-7-3-1-4-8-20/h1,3-4,7-8,19H,2,5-6,9-18,23H2. The summed E-state index contributed by atoms with van der Waals surface area (Å²) in [5.74, 6) is -0.645. The maximum Gasteiger partial charge on any atom is 0.345 e. The number of carbonyl (C=O) groups excluding carboxylic acids is 2. The molecular formula is C22H34N4O5. The number of para-hydroxylation sites is 1. The first-order valence-corrected chi connectivity index (χ1v) is 11.1. The van der Waals surface area contributed by atoms with Crippen molar-refractivity contribution in [1.29, 1.82) is 0 Å². The minimum Gasteiger partial charge on any atom is -0.378 e. The van der Waals surface area contributed by atoms with Crippen molar-refractivity contribution < 1.29 is 23.8 Å². The number of imide groups is 1. The average molecular weight is 435 g/mol. The fraction of sp³-hybridized carbons (Fsp3) is 0.636. The number of hydrogen-bond donors (Lipinski definition) is 1. The van der Waals surface area contributed by atoms with Crippen molar-refractivity contribution in [2.75, 3.05) is 70.7 Å². The second kappa shape index (κ2) is 12.7. The average Bonchev–Trinajstić information content (AvgIpc) is 2.80. The van der Waals surface area contributed by atoms with Crippen LogP contribution in [0.15, 0.2) is 30.3 Å². The van der Waals surface area contributed by atoms with E-state index in [0.29, 0.717) is 51.8 Å². The molecule has 0 aromatic heterocycles. The topological polar surface area (TPSA) is 97.6 Å². The predicted molar refractivity (Wildman–Crippen MR) is 116 cm³/mol. The number of urea groups is 1. The fourth-order valence-corrected chi connectivity index (χ4v) is 3.80. The lowest BCUT2D eigenvalue weighted by Crippen LogP contribution is -2.63. The third-order valence-electron chi connectivity index (χ3n) is 5.39. The third kappa shape index (κ3) is 6.72. The minimum absolute atomic E-state index is 0.222. The largest absolute Gasteiger partial charge is 0.378 e. The van der Waals surface area contributed by atoms with Crippen LogP contribution in [0.3, 0.4) is 0 Å². The van der Waals surface area contributed by atoms with E-state index in [1.54, 1.807) is 17.1 Å². The van der Waals surface area contributed by atoms with Gasteiger partial charge in [-0.3, -0.25) is 9.80 Å². The summed E-state index contributed by atoms with van der Waals surface area (Å²) in [6.07, 6.45) is 3.27. The Kier molecular flexibility index (Phi) is 9.70. The molecule has 9 heteroatoms. The Morgan fingerprint density at radius 3 is 2.19 bits per heavy atom. The van der Waals surface area contributed by atoms with Gasteiger partial charge in [0.2, 0.25) is 5.91 Å². The zero-order chi connectivity index (χ0) is 21.9. The van der Waals surface area contributed by atoms with Crippen LogP contribution in [0.1, 0.15) is 19.3 Å². The lowest BCUT2D eigenvalue weighted by Gasteiger charge is -2.44. The Balaban J connectivity index is 1.55. The van der Waals surface area contributed by atoms with Crippen LogP contribution in [-0.2, 0) is 19.0 Å². The summed E-state index contributed by atoms with van der Waals surface area (Å²) >= 11 is 0. The first-order chi connectivity index (χ1) is 15.2. The zero-order valence-electron chi connectivity index (χ0n) is 18.1. The lowest BCUT2D eigenvalue weighted by atomic mass is 10.1. The number of benzene rings is 1. The summed E-state index contributed by atoms with van der Waals surface area (Å²) in [6.45, 7) is 5.03. The van der Waals surface area contributed by atoms with E-state index in [0.717, 1.165) is 25.9 Å². The van der Waals surface area contributed by atoms with E-state index in [1.165, 1.54) is 11.3 Å². The van der Waals surface area contributed by atoms with Crippen LogP contribution in [0.4, 0.5) is 10.5 Å². The number of amides is 3. The molecule has 2 fully saturated rings. The second-order valence-corrected chi connectivity index (χ2v) is 7.67. The number of nitrogens with two attached hydrogens (primary N) is 1. The highest BCUT2D eigenvalue weighted by atomic mass is 16.5. The number of ether oxygens (including phenoxy) is 3. The number of hydrogen-bond acceptors (Lipinski definition) is 7. The number of rotatable bonds is 12. The van der Waals surface area contributed by atoms with Gasteiger partial charge in [-0.25, -0.2) is 14.7 Å². The Labute approximate surface area is 184 Å². The van der Waals surface area contributed by atoms with E-state index >= 15 is 0 Å². The normalized spacial score (nSPS) is 20.5. The monoisotopic (exact) mass is 434 g/mol. The molecule has 9 nitrogen and oxygen atoms in total. The van der Waals surface area contributed by atoms with Crippen molar-refractivity contribution in [3.63, 3.8) is 0 Å². The molecule has 0 bridgehead atoms. The Morgan fingerprint density at radius 2 is 1.52 bits per heavy atom. The first kappa shape index (κ1) is 23.6. The van der Waals surface area contributed by atoms with Gasteiger partial charge in [-0.1, -0.05) is 24.6 Å². The van der Waals surface area contributed by atoms with Crippen LogP contribution in [0.2, 0.25) is 0 Å². The fourth-order valence-electron chi connectivity index (χ4n) is 3.80. The Hall–Kier alpha value is -2.04.